The first-order chi connectivity index (χ1) is 6.40. The van der Waals surface area contributed by atoms with Crippen LogP contribution in [-0.2, 0) is 4.79 Å². The minimum atomic E-state index is -0.731. The highest BCUT2D eigenvalue weighted by atomic mass is 16.4. The second-order valence-electron chi connectivity index (χ2n) is 4.18. The summed E-state index contributed by atoms with van der Waals surface area (Å²) < 4.78 is 0. The molecule has 0 amide bonds. The van der Waals surface area contributed by atoms with Crippen LogP contribution in [0.4, 0.5) is 0 Å². The van der Waals surface area contributed by atoms with E-state index in [2.05, 4.69) is 13.8 Å². The van der Waals surface area contributed by atoms with Crippen molar-refractivity contribution in [1.82, 2.24) is 4.90 Å². The number of likely N-dealkylation sites (N-methyl/N-ethyl adjacent to an activating group) is 1. The average Bonchev–Trinajstić information content (AvgIpc) is 2.15. The van der Waals surface area contributed by atoms with E-state index in [0.29, 0.717) is 12.5 Å². The molecule has 2 unspecified atom stereocenters. The van der Waals surface area contributed by atoms with Crippen LogP contribution in [0.2, 0.25) is 0 Å². The smallest absolute Gasteiger partial charge is 0.323 e. The Labute approximate surface area is 87.1 Å². The number of carbonyl (C=O) groups is 1. The summed E-state index contributed by atoms with van der Waals surface area (Å²) in [6.07, 6.45) is 2.76. The fourth-order valence-corrected chi connectivity index (χ4v) is 1.65. The molecule has 0 radical (unpaired) electrons. The molecule has 0 heterocycles. The van der Waals surface area contributed by atoms with Gasteiger partial charge in [0.1, 0.15) is 5.54 Å². The van der Waals surface area contributed by atoms with Crippen molar-refractivity contribution in [2.75, 3.05) is 7.05 Å². The molecule has 0 aromatic rings. The monoisotopic (exact) mass is 201 g/mol. The number of aliphatic carboxylic acids is 1. The molecule has 3 heteroatoms. The van der Waals surface area contributed by atoms with E-state index in [9.17, 15) is 9.90 Å². The van der Waals surface area contributed by atoms with Crippen LogP contribution in [0.5, 0.6) is 0 Å². The number of hydrogen-bond acceptors (Lipinski definition) is 2. The summed E-state index contributed by atoms with van der Waals surface area (Å²) >= 11 is 0. The molecule has 0 aliphatic heterocycles. The SMILES string of the molecule is CCCC(C)N(C)C(C)(CC)C(=O)O. The van der Waals surface area contributed by atoms with Crippen LogP contribution in [-0.4, -0.2) is 34.6 Å². The van der Waals surface area contributed by atoms with Gasteiger partial charge in [-0.25, -0.2) is 0 Å². The average molecular weight is 201 g/mol. The topological polar surface area (TPSA) is 40.5 Å². The van der Waals surface area contributed by atoms with Crippen molar-refractivity contribution >= 4 is 5.97 Å². The van der Waals surface area contributed by atoms with E-state index in [1.165, 1.54) is 0 Å². The number of nitrogens with zero attached hydrogens (tertiary/aromatic N) is 1. The maximum Gasteiger partial charge on any atom is 0.323 e. The molecule has 0 spiro atoms. The molecule has 0 saturated carbocycles. The van der Waals surface area contributed by atoms with Crippen LogP contribution in [0.3, 0.4) is 0 Å². The highest BCUT2D eigenvalue weighted by molar-refractivity contribution is 5.78. The third-order valence-corrected chi connectivity index (χ3v) is 3.30. The molecule has 0 bridgehead atoms. The standard InChI is InChI=1S/C11H23NO2/c1-6-8-9(3)12(5)11(4,7-2)10(13)14/h9H,6-8H2,1-5H3,(H,13,14). The second kappa shape index (κ2) is 5.35. The fraction of sp³-hybridized carbons (Fsp3) is 0.909. The molecule has 0 aromatic heterocycles. The van der Waals surface area contributed by atoms with Crippen LogP contribution in [0.25, 0.3) is 0 Å². The summed E-state index contributed by atoms with van der Waals surface area (Å²) in [5.74, 6) is -0.731. The predicted molar refractivity (Wildman–Crippen MR) is 58.5 cm³/mol. The van der Waals surface area contributed by atoms with Crippen molar-refractivity contribution in [2.24, 2.45) is 0 Å². The molecule has 0 saturated heterocycles. The van der Waals surface area contributed by atoms with Gasteiger partial charge in [-0.1, -0.05) is 20.3 Å². The van der Waals surface area contributed by atoms with Crippen molar-refractivity contribution in [3.63, 3.8) is 0 Å². The lowest BCUT2D eigenvalue weighted by Crippen LogP contribution is -2.53. The van der Waals surface area contributed by atoms with E-state index in [1.54, 1.807) is 6.92 Å². The molecule has 84 valence electrons. The zero-order chi connectivity index (χ0) is 11.4. The lowest BCUT2D eigenvalue weighted by molar-refractivity contribution is -0.151. The first-order valence-corrected chi connectivity index (χ1v) is 5.36. The predicted octanol–water partition coefficient (Wildman–Crippen LogP) is 2.36. The Bertz CT molecular complexity index is 194. The Morgan fingerprint density at radius 3 is 2.29 bits per heavy atom. The van der Waals surface area contributed by atoms with Gasteiger partial charge in [-0.15, -0.1) is 0 Å². The highest BCUT2D eigenvalue weighted by Crippen LogP contribution is 2.22. The number of hydrogen-bond donors (Lipinski definition) is 1. The van der Waals surface area contributed by atoms with Crippen LogP contribution in [0.15, 0.2) is 0 Å². The molecule has 0 aromatic carbocycles. The van der Waals surface area contributed by atoms with Gasteiger partial charge >= 0.3 is 5.97 Å². The third kappa shape index (κ3) is 2.71. The second-order valence-corrected chi connectivity index (χ2v) is 4.18. The van der Waals surface area contributed by atoms with Gasteiger partial charge in [-0.05, 0) is 33.7 Å². The maximum absolute atomic E-state index is 11.2. The number of carboxylic acid groups (broad SMARTS) is 1. The molecule has 2 atom stereocenters. The lowest BCUT2D eigenvalue weighted by atomic mass is 9.94. The summed E-state index contributed by atoms with van der Waals surface area (Å²) in [6.45, 7) is 7.92. The molecular formula is C11H23NO2. The fourth-order valence-electron chi connectivity index (χ4n) is 1.65. The van der Waals surface area contributed by atoms with Gasteiger partial charge in [0.25, 0.3) is 0 Å². The minimum Gasteiger partial charge on any atom is -0.480 e. The zero-order valence-electron chi connectivity index (χ0n) is 10.0. The van der Waals surface area contributed by atoms with Crippen molar-refractivity contribution in [1.29, 1.82) is 0 Å². The van der Waals surface area contributed by atoms with Gasteiger partial charge < -0.3 is 5.11 Å². The number of carboxylic acids is 1. The van der Waals surface area contributed by atoms with Crippen molar-refractivity contribution in [3.05, 3.63) is 0 Å². The molecule has 0 rings (SSSR count). The molecule has 1 N–H and O–H groups in total. The van der Waals surface area contributed by atoms with Gasteiger partial charge in [0.2, 0.25) is 0 Å². The van der Waals surface area contributed by atoms with E-state index in [-0.39, 0.29) is 0 Å². The van der Waals surface area contributed by atoms with Crippen molar-refractivity contribution < 1.29 is 9.90 Å². The number of rotatable bonds is 6. The zero-order valence-corrected chi connectivity index (χ0v) is 10.0. The Kier molecular flexibility index (Phi) is 5.13. The summed E-state index contributed by atoms with van der Waals surface area (Å²) in [7, 11) is 1.90. The maximum atomic E-state index is 11.2. The normalized spacial score (nSPS) is 17.9. The van der Waals surface area contributed by atoms with Gasteiger partial charge in [0.15, 0.2) is 0 Å². The minimum absolute atomic E-state index is 0.320. The summed E-state index contributed by atoms with van der Waals surface area (Å²) in [6, 6.07) is 0.320. The Hall–Kier alpha value is -0.570. The molecule has 14 heavy (non-hydrogen) atoms. The molecular weight excluding hydrogens is 178 g/mol. The molecule has 3 nitrogen and oxygen atoms in total. The lowest BCUT2D eigenvalue weighted by Gasteiger charge is -2.38. The van der Waals surface area contributed by atoms with E-state index >= 15 is 0 Å². The van der Waals surface area contributed by atoms with Crippen molar-refractivity contribution in [3.8, 4) is 0 Å². The first-order valence-electron chi connectivity index (χ1n) is 5.36. The van der Waals surface area contributed by atoms with Gasteiger partial charge in [-0.2, -0.15) is 0 Å². The summed E-state index contributed by atoms with van der Waals surface area (Å²) in [5, 5.41) is 9.18. The van der Waals surface area contributed by atoms with E-state index in [4.69, 9.17) is 0 Å². The van der Waals surface area contributed by atoms with E-state index < -0.39 is 11.5 Å². The quantitative estimate of drug-likeness (QED) is 0.717. The Balaban J connectivity index is 4.60. The highest BCUT2D eigenvalue weighted by Gasteiger charge is 2.37. The summed E-state index contributed by atoms with van der Waals surface area (Å²) in [4.78, 5) is 13.1. The van der Waals surface area contributed by atoms with Crippen LogP contribution < -0.4 is 0 Å². The van der Waals surface area contributed by atoms with E-state index in [1.807, 2.05) is 18.9 Å². The van der Waals surface area contributed by atoms with Crippen LogP contribution >= 0.6 is 0 Å². The van der Waals surface area contributed by atoms with E-state index in [0.717, 1.165) is 12.8 Å². The Morgan fingerprint density at radius 1 is 1.50 bits per heavy atom. The molecule has 0 fully saturated rings. The third-order valence-electron chi connectivity index (χ3n) is 3.30. The van der Waals surface area contributed by atoms with Gasteiger partial charge in [-0.3, -0.25) is 9.69 Å². The van der Waals surface area contributed by atoms with Crippen molar-refractivity contribution in [2.45, 2.75) is 58.5 Å². The summed E-state index contributed by atoms with van der Waals surface area (Å²) in [5.41, 5.74) is -0.728. The molecule has 0 aliphatic rings. The van der Waals surface area contributed by atoms with Crippen LogP contribution in [0.1, 0.15) is 47.0 Å². The molecule has 0 aliphatic carbocycles. The largest absolute Gasteiger partial charge is 0.480 e. The van der Waals surface area contributed by atoms with Gasteiger partial charge in [0.05, 0.1) is 0 Å². The first kappa shape index (κ1) is 13.4. The Morgan fingerprint density at radius 2 is 2.00 bits per heavy atom. The van der Waals surface area contributed by atoms with Gasteiger partial charge in [0, 0.05) is 6.04 Å². The van der Waals surface area contributed by atoms with Crippen LogP contribution in [0, 0.1) is 0 Å².